The first-order valence-electron chi connectivity index (χ1n) is 5.51. The van der Waals surface area contributed by atoms with Crippen molar-refractivity contribution in [3.05, 3.63) is 30.3 Å². The molecule has 0 spiro atoms. The van der Waals surface area contributed by atoms with Gasteiger partial charge in [0.05, 0.1) is 5.71 Å². The van der Waals surface area contributed by atoms with Crippen molar-refractivity contribution >= 4 is 11.8 Å². The molecule has 0 aromatic heterocycles. The van der Waals surface area contributed by atoms with Gasteiger partial charge in [-0.2, -0.15) is 0 Å². The number of ether oxygens (including phenoxy) is 1. The topological polar surface area (TPSA) is 62.1 Å². The van der Waals surface area contributed by atoms with E-state index < -0.39 is 0 Å². The van der Waals surface area contributed by atoms with Crippen LogP contribution in [-0.2, 0) is 0 Å². The van der Waals surface area contributed by atoms with Crippen molar-refractivity contribution in [1.82, 2.24) is 4.90 Å². The number of para-hydroxylation sites is 1. The van der Waals surface area contributed by atoms with Crippen molar-refractivity contribution in [2.45, 2.75) is 12.8 Å². The summed E-state index contributed by atoms with van der Waals surface area (Å²) in [6.45, 7) is 1.07. The minimum Gasteiger partial charge on any atom is -0.411 e. The highest BCUT2D eigenvalue weighted by Gasteiger charge is 2.21. The third-order valence-electron chi connectivity index (χ3n) is 2.69. The van der Waals surface area contributed by atoms with Crippen LogP contribution in [0, 0.1) is 0 Å². The van der Waals surface area contributed by atoms with Crippen molar-refractivity contribution in [3.63, 3.8) is 0 Å². The number of hydrogen-bond acceptors (Lipinski definition) is 4. The molecule has 1 amide bonds. The lowest BCUT2D eigenvalue weighted by molar-refractivity contribution is 0.151. The van der Waals surface area contributed by atoms with Gasteiger partial charge in [-0.1, -0.05) is 23.4 Å². The van der Waals surface area contributed by atoms with Gasteiger partial charge in [0.25, 0.3) is 0 Å². The Balaban J connectivity index is 1.89. The number of likely N-dealkylation sites (tertiary alicyclic amines) is 1. The van der Waals surface area contributed by atoms with E-state index in [9.17, 15) is 4.79 Å². The minimum atomic E-state index is -0.354. The van der Waals surface area contributed by atoms with Gasteiger partial charge in [-0.25, -0.2) is 4.79 Å². The molecule has 1 aliphatic rings. The normalized spacial score (nSPS) is 15.5. The van der Waals surface area contributed by atoms with Gasteiger partial charge in [-0.15, -0.1) is 0 Å². The summed E-state index contributed by atoms with van der Waals surface area (Å²) in [6.07, 6.45) is 0.842. The second-order valence-corrected chi connectivity index (χ2v) is 3.83. The van der Waals surface area contributed by atoms with Gasteiger partial charge in [-0.05, 0) is 12.1 Å². The predicted octanol–water partition coefficient (Wildman–Crippen LogP) is 2.11. The molecule has 1 aliphatic heterocycles. The molecule has 5 nitrogen and oxygen atoms in total. The molecule has 1 heterocycles. The van der Waals surface area contributed by atoms with Gasteiger partial charge >= 0.3 is 6.09 Å². The SMILES string of the molecule is O=C(Oc1ccccc1)N1CCC(=NO)CC1. The smallest absolute Gasteiger partial charge is 0.411 e. The summed E-state index contributed by atoms with van der Waals surface area (Å²) in [4.78, 5) is 13.4. The van der Waals surface area contributed by atoms with Gasteiger partial charge in [-0.3, -0.25) is 0 Å². The summed E-state index contributed by atoms with van der Waals surface area (Å²) < 4.78 is 5.21. The van der Waals surface area contributed by atoms with Crippen LogP contribution in [0.5, 0.6) is 5.75 Å². The molecule has 5 heteroatoms. The van der Waals surface area contributed by atoms with E-state index in [4.69, 9.17) is 9.94 Å². The molecule has 0 radical (unpaired) electrons. The molecular weight excluding hydrogens is 220 g/mol. The monoisotopic (exact) mass is 234 g/mol. The zero-order chi connectivity index (χ0) is 12.1. The summed E-state index contributed by atoms with van der Waals surface area (Å²) in [5.41, 5.74) is 0.730. The average Bonchev–Trinajstić information content (AvgIpc) is 2.40. The Morgan fingerprint density at radius 1 is 1.24 bits per heavy atom. The Hall–Kier alpha value is -2.04. The number of nitrogens with zero attached hydrogens (tertiary/aromatic N) is 2. The largest absolute Gasteiger partial charge is 0.415 e. The van der Waals surface area contributed by atoms with E-state index >= 15 is 0 Å². The van der Waals surface area contributed by atoms with Crippen LogP contribution in [0.15, 0.2) is 35.5 Å². The van der Waals surface area contributed by atoms with Crippen molar-refractivity contribution in [2.75, 3.05) is 13.1 Å². The highest BCUT2D eigenvalue weighted by Crippen LogP contribution is 2.13. The molecule has 1 aromatic rings. The van der Waals surface area contributed by atoms with E-state index in [1.165, 1.54) is 0 Å². The van der Waals surface area contributed by atoms with E-state index in [2.05, 4.69) is 5.16 Å². The van der Waals surface area contributed by atoms with Gasteiger partial charge in [0.2, 0.25) is 0 Å². The van der Waals surface area contributed by atoms with E-state index in [1.807, 2.05) is 18.2 Å². The van der Waals surface area contributed by atoms with E-state index in [0.29, 0.717) is 31.7 Å². The number of amides is 1. The second kappa shape index (κ2) is 5.34. The zero-order valence-electron chi connectivity index (χ0n) is 9.37. The van der Waals surface area contributed by atoms with Gasteiger partial charge in [0.15, 0.2) is 0 Å². The fourth-order valence-corrected chi connectivity index (χ4v) is 1.70. The highest BCUT2D eigenvalue weighted by molar-refractivity contribution is 5.86. The molecule has 17 heavy (non-hydrogen) atoms. The molecule has 1 N–H and O–H groups in total. The van der Waals surface area contributed by atoms with E-state index in [0.717, 1.165) is 5.71 Å². The first-order valence-corrected chi connectivity index (χ1v) is 5.51. The maximum Gasteiger partial charge on any atom is 0.415 e. The molecule has 2 rings (SSSR count). The second-order valence-electron chi connectivity index (χ2n) is 3.83. The van der Waals surface area contributed by atoms with Gasteiger partial charge in [0.1, 0.15) is 5.75 Å². The number of carbonyl (C=O) groups is 1. The lowest BCUT2D eigenvalue weighted by Gasteiger charge is -2.26. The summed E-state index contributed by atoms with van der Waals surface area (Å²) in [6, 6.07) is 8.97. The van der Waals surface area contributed by atoms with Gasteiger partial charge < -0.3 is 14.8 Å². The Bertz CT molecular complexity index is 407. The first kappa shape index (κ1) is 11.4. The van der Waals surface area contributed by atoms with Crippen LogP contribution in [0.1, 0.15) is 12.8 Å². The maximum absolute atomic E-state index is 11.8. The van der Waals surface area contributed by atoms with Crippen LogP contribution in [0.25, 0.3) is 0 Å². The highest BCUT2D eigenvalue weighted by atomic mass is 16.6. The van der Waals surface area contributed by atoms with Crippen LogP contribution in [-0.4, -0.2) is 35.0 Å². The number of oxime groups is 1. The number of rotatable bonds is 1. The molecule has 0 bridgehead atoms. The molecule has 90 valence electrons. The Labute approximate surface area is 99.3 Å². The first-order chi connectivity index (χ1) is 8.29. The number of carbonyl (C=O) groups excluding carboxylic acids is 1. The summed E-state index contributed by atoms with van der Waals surface area (Å²) in [5.74, 6) is 0.541. The quantitative estimate of drug-likeness (QED) is 0.598. The van der Waals surface area contributed by atoms with Crippen LogP contribution < -0.4 is 4.74 Å². The number of hydrogen-bond donors (Lipinski definition) is 1. The molecule has 0 saturated carbocycles. The van der Waals surface area contributed by atoms with Crippen LogP contribution in [0.3, 0.4) is 0 Å². The van der Waals surface area contributed by atoms with E-state index in [1.54, 1.807) is 17.0 Å². The molecule has 0 unspecified atom stereocenters. The molecule has 1 saturated heterocycles. The molecule has 1 aromatic carbocycles. The molecule has 1 fully saturated rings. The predicted molar refractivity (Wildman–Crippen MR) is 62.5 cm³/mol. The van der Waals surface area contributed by atoms with E-state index in [-0.39, 0.29) is 6.09 Å². The maximum atomic E-state index is 11.8. The summed E-state index contributed by atoms with van der Waals surface area (Å²) >= 11 is 0. The average molecular weight is 234 g/mol. The van der Waals surface area contributed by atoms with Gasteiger partial charge in [0, 0.05) is 25.9 Å². The Kier molecular flexibility index (Phi) is 3.59. The van der Waals surface area contributed by atoms with Crippen molar-refractivity contribution < 1.29 is 14.7 Å². The summed E-state index contributed by atoms with van der Waals surface area (Å²) in [7, 11) is 0. The third-order valence-corrected chi connectivity index (χ3v) is 2.69. The molecule has 0 atom stereocenters. The third kappa shape index (κ3) is 2.96. The zero-order valence-corrected chi connectivity index (χ0v) is 9.37. The van der Waals surface area contributed by atoms with Crippen LogP contribution >= 0.6 is 0 Å². The number of benzene rings is 1. The Morgan fingerprint density at radius 2 is 1.88 bits per heavy atom. The Morgan fingerprint density at radius 3 is 2.47 bits per heavy atom. The molecule has 0 aliphatic carbocycles. The summed E-state index contributed by atoms with van der Waals surface area (Å²) in [5, 5.41) is 11.8. The number of piperidine rings is 1. The van der Waals surface area contributed by atoms with Crippen molar-refractivity contribution in [2.24, 2.45) is 5.16 Å². The molecular formula is C12H14N2O3. The lowest BCUT2D eigenvalue weighted by Crippen LogP contribution is -2.40. The van der Waals surface area contributed by atoms with Crippen LogP contribution in [0.2, 0.25) is 0 Å². The van der Waals surface area contributed by atoms with Crippen molar-refractivity contribution in [1.29, 1.82) is 0 Å². The van der Waals surface area contributed by atoms with Crippen LogP contribution in [0.4, 0.5) is 4.79 Å². The lowest BCUT2D eigenvalue weighted by atomic mass is 10.1. The minimum absolute atomic E-state index is 0.354. The standard InChI is InChI=1S/C12H14N2O3/c15-12(17-11-4-2-1-3-5-11)14-8-6-10(13-16)7-9-14/h1-5,16H,6-9H2. The fourth-order valence-electron chi connectivity index (χ4n) is 1.70. The van der Waals surface area contributed by atoms with Crippen molar-refractivity contribution in [3.8, 4) is 5.75 Å². The fraction of sp³-hybridized carbons (Fsp3) is 0.333.